The minimum atomic E-state index is -2.11. The Balaban J connectivity index is 1.32. The zero-order valence-corrected chi connectivity index (χ0v) is 31.7. The second-order valence-corrected chi connectivity index (χ2v) is 23.6. The molecule has 258 valence electrons. The van der Waals surface area contributed by atoms with Gasteiger partial charge in [-0.15, -0.1) is 0 Å². The zero-order chi connectivity index (χ0) is 33.7. The van der Waals surface area contributed by atoms with Gasteiger partial charge in [0.25, 0.3) is 0 Å². The lowest BCUT2D eigenvalue weighted by atomic mass is 9.48. The van der Waals surface area contributed by atoms with E-state index in [1.807, 2.05) is 6.20 Å². The van der Waals surface area contributed by atoms with Gasteiger partial charge in [0.15, 0.2) is 20.3 Å². The summed E-state index contributed by atoms with van der Waals surface area (Å²) in [6.07, 6.45) is 12.7. The molecule has 9 heteroatoms. The van der Waals surface area contributed by atoms with Gasteiger partial charge in [0.1, 0.15) is 5.65 Å². The van der Waals surface area contributed by atoms with Crippen LogP contribution >= 0.6 is 0 Å². The largest absolute Gasteiger partial charge is 0.497 e. The van der Waals surface area contributed by atoms with Crippen molar-refractivity contribution in [2.75, 3.05) is 6.61 Å². The molecule has 0 N–H and O–H groups in total. The summed E-state index contributed by atoms with van der Waals surface area (Å²) in [6.45, 7) is 23.4. The van der Waals surface area contributed by atoms with Crippen LogP contribution in [-0.2, 0) is 18.8 Å². The van der Waals surface area contributed by atoms with Gasteiger partial charge in [-0.2, -0.15) is 0 Å². The van der Waals surface area contributed by atoms with E-state index in [4.69, 9.17) is 23.8 Å². The number of ketones is 1. The first-order valence-electron chi connectivity index (χ1n) is 18.8. The molecule has 0 amide bonds. The fraction of sp³-hybridized carbons (Fsp3) is 0.789. The van der Waals surface area contributed by atoms with E-state index in [0.717, 1.165) is 73.6 Å². The van der Waals surface area contributed by atoms with E-state index in [0.29, 0.717) is 34.4 Å². The molecule has 3 unspecified atom stereocenters. The number of Topliss-reactive ketones (excluding diaryl/α,β-unsaturated/α-hetero) is 1. The fourth-order valence-corrected chi connectivity index (χ4v) is 18.0. The van der Waals surface area contributed by atoms with Crippen molar-refractivity contribution in [2.45, 2.75) is 160 Å². The van der Waals surface area contributed by atoms with Crippen LogP contribution in [0.3, 0.4) is 0 Å². The van der Waals surface area contributed by atoms with E-state index in [9.17, 15) is 0 Å². The second-order valence-electron chi connectivity index (χ2n) is 17.9. The van der Waals surface area contributed by atoms with Crippen LogP contribution < -0.4 is 5.46 Å². The molecule has 6 fully saturated rings. The SMILES string of the molecule is CC(C)[Si](C(C)C)(C(C)C)n1ccc2c(C(=O)C3C4CC5CC3CC(OC3CCCCO3)(C5)C4)c(B3OC(C)(C)C(C)(C)O3)cnc21. The maximum absolute atomic E-state index is 15.4. The van der Waals surface area contributed by atoms with Crippen LogP contribution in [0, 0.1) is 23.7 Å². The highest BCUT2D eigenvalue weighted by molar-refractivity contribution is 6.82. The lowest BCUT2D eigenvalue weighted by molar-refractivity contribution is -0.269. The molecule has 2 aromatic heterocycles. The van der Waals surface area contributed by atoms with E-state index in [2.05, 4.69) is 85.7 Å². The average molecular weight is 663 g/mol. The van der Waals surface area contributed by atoms with Crippen LogP contribution in [0.5, 0.6) is 0 Å². The predicted molar refractivity (Wildman–Crippen MR) is 191 cm³/mol. The van der Waals surface area contributed by atoms with Gasteiger partial charge in [0.2, 0.25) is 0 Å². The number of carbonyl (C=O) groups is 1. The average Bonchev–Trinajstić information content (AvgIpc) is 3.48. The molecule has 2 saturated heterocycles. The van der Waals surface area contributed by atoms with Crippen LogP contribution in [0.25, 0.3) is 11.0 Å². The molecule has 0 spiro atoms. The Kier molecular flexibility index (Phi) is 8.51. The van der Waals surface area contributed by atoms with Gasteiger partial charge in [-0.1, -0.05) is 41.5 Å². The van der Waals surface area contributed by atoms with E-state index >= 15 is 4.79 Å². The molecule has 8 rings (SSSR count). The Labute approximate surface area is 284 Å². The molecular formula is C38H59BN2O5Si. The fourth-order valence-electron chi connectivity index (χ4n) is 11.4. The minimum absolute atomic E-state index is 0.0204. The maximum Gasteiger partial charge on any atom is 0.497 e. The molecule has 0 aromatic carbocycles. The highest BCUT2D eigenvalue weighted by Crippen LogP contribution is 2.61. The second kappa shape index (κ2) is 11.8. The van der Waals surface area contributed by atoms with E-state index in [1.54, 1.807) is 0 Å². The summed E-state index contributed by atoms with van der Waals surface area (Å²) < 4.78 is 28.8. The van der Waals surface area contributed by atoms with Crippen LogP contribution in [0.1, 0.15) is 131 Å². The van der Waals surface area contributed by atoms with Gasteiger partial charge in [0, 0.05) is 35.1 Å². The quantitative estimate of drug-likeness (QED) is 0.199. The van der Waals surface area contributed by atoms with Crippen molar-refractivity contribution < 1.29 is 23.6 Å². The molecule has 2 aromatic rings. The Morgan fingerprint density at radius 1 is 0.957 bits per heavy atom. The summed E-state index contributed by atoms with van der Waals surface area (Å²) in [4.78, 5) is 20.6. The van der Waals surface area contributed by atoms with Gasteiger partial charge in [-0.25, -0.2) is 4.98 Å². The number of nitrogens with zero attached hydrogens (tertiary/aromatic N) is 2. The summed E-state index contributed by atoms with van der Waals surface area (Å²) in [7, 11) is -2.76. The van der Waals surface area contributed by atoms with E-state index in [-0.39, 0.29) is 23.6 Å². The number of rotatable bonds is 9. The van der Waals surface area contributed by atoms with Crippen LogP contribution in [-0.4, -0.2) is 60.1 Å². The van der Waals surface area contributed by atoms with Crippen LogP contribution in [0.2, 0.25) is 16.6 Å². The maximum atomic E-state index is 15.4. The molecule has 4 saturated carbocycles. The van der Waals surface area contributed by atoms with E-state index in [1.165, 1.54) is 6.42 Å². The number of aromatic nitrogens is 2. The van der Waals surface area contributed by atoms with Crippen molar-refractivity contribution >= 4 is 37.6 Å². The van der Waals surface area contributed by atoms with E-state index < -0.39 is 26.6 Å². The van der Waals surface area contributed by atoms with Crippen LogP contribution in [0.15, 0.2) is 18.5 Å². The Morgan fingerprint density at radius 2 is 1.57 bits per heavy atom. The van der Waals surface area contributed by atoms with Crippen molar-refractivity contribution in [3.05, 3.63) is 24.0 Å². The zero-order valence-electron chi connectivity index (χ0n) is 30.7. The van der Waals surface area contributed by atoms with Crippen LogP contribution in [0.4, 0.5) is 0 Å². The molecule has 6 aliphatic rings. The number of fused-ring (bicyclic) bond motifs is 1. The minimum Gasteiger partial charge on any atom is -0.399 e. The molecule has 4 heterocycles. The summed E-state index contributed by atoms with van der Waals surface area (Å²) in [5.41, 5.74) is 2.89. The highest BCUT2D eigenvalue weighted by Gasteiger charge is 2.60. The van der Waals surface area contributed by atoms with Crippen molar-refractivity contribution in [3.63, 3.8) is 0 Å². The lowest BCUT2D eigenvalue weighted by Crippen LogP contribution is -2.59. The molecule has 4 aliphatic carbocycles. The van der Waals surface area contributed by atoms with Gasteiger partial charge >= 0.3 is 7.12 Å². The number of carbonyl (C=O) groups excluding carboxylic acids is 1. The van der Waals surface area contributed by atoms with Gasteiger partial charge in [-0.05, 0) is 126 Å². The van der Waals surface area contributed by atoms with Crippen molar-refractivity contribution in [2.24, 2.45) is 23.7 Å². The molecule has 0 radical (unpaired) electrons. The Bertz CT molecular complexity index is 1460. The molecule has 47 heavy (non-hydrogen) atoms. The Hall–Kier alpha value is -1.52. The molecule has 3 atom stereocenters. The summed E-state index contributed by atoms with van der Waals surface area (Å²) in [5.74, 6) is 1.53. The number of hydrogen-bond donors (Lipinski definition) is 0. The van der Waals surface area contributed by atoms with Crippen molar-refractivity contribution in [3.8, 4) is 0 Å². The topological polar surface area (TPSA) is 71.8 Å². The third-order valence-corrected chi connectivity index (χ3v) is 20.5. The predicted octanol–water partition coefficient (Wildman–Crippen LogP) is 8.28. The first-order chi connectivity index (χ1) is 22.1. The summed E-state index contributed by atoms with van der Waals surface area (Å²) >= 11 is 0. The van der Waals surface area contributed by atoms with Crippen molar-refractivity contribution in [1.82, 2.24) is 9.22 Å². The molecular weight excluding hydrogens is 603 g/mol. The third-order valence-electron chi connectivity index (χ3n) is 13.7. The first kappa shape index (κ1) is 34.0. The van der Waals surface area contributed by atoms with Gasteiger partial charge in [0.05, 0.1) is 16.8 Å². The Morgan fingerprint density at radius 3 is 2.13 bits per heavy atom. The first-order valence-corrected chi connectivity index (χ1v) is 21.0. The summed E-state index contributed by atoms with van der Waals surface area (Å²) in [6, 6.07) is 2.19. The molecule has 7 nitrogen and oxygen atoms in total. The molecule has 4 bridgehead atoms. The lowest BCUT2D eigenvalue weighted by Gasteiger charge is -2.59. The number of pyridine rings is 1. The third kappa shape index (κ3) is 5.26. The van der Waals surface area contributed by atoms with Crippen molar-refractivity contribution in [1.29, 1.82) is 0 Å². The smallest absolute Gasteiger partial charge is 0.399 e. The number of ether oxygens (including phenoxy) is 2. The monoisotopic (exact) mass is 662 g/mol. The molecule has 2 aliphatic heterocycles. The number of hydrogen-bond acceptors (Lipinski definition) is 6. The summed E-state index contributed by atoms with van der Waals surface area (Å²) in [5, 5.41) is 0.969. The standard InChI is InChI=1S/C38H59BN2O5Si/c1-23(2)47(24(3)4,25(5)6)41-15-14-29-33(30(22-40-35(29)41)39-45-36(7,8)37(9,10)46-39)34(42)32-27-17-26-18-28(32)21-38(19-26,20-27)44-31-13-11-12-16-43-31/h14-15,22-28,31-32H,11-13,16-21H2,1-10H3. The highest BCUT2D eigenvalue weighted by atomic mass is 28.3. The van der Waals surface area contributed by atoms with Gasteiger partial charge < -0.3 is 23.0 Å². The normalized spacial score (nSPS) is 33.2. The van der Waals surface area contributed by atoms with Gasteiger partial charge in [-0.3, -0.25) is 4.79 Å².